The Kier molecular flexibility index (Phi) is 18.0. The number of carbonyl (C=O) groups is 6. The van der Waals surface area contributed by atoms with Crippen LogP contribution in [-0.2, 0) is 46.7 Å². The molecule has 7 heterocycles. The van der Waals surface area contributed by atoms with Crippen LogP contribution in [0.15, 0.2) is 119 Å². The third kappa shape index (κ3) is 13.6. The number of esters is 1. The highest BCUT2D eigenvalue weighted by atomic mass is 35.5. The van der Waals surface area contributed by atoms with Gasteiger partial charge in [-0.1, -0.05) is 62.2 Å². The molecular weight excluding hydrogens is 1120 g/mol. The number of aromatic nitrogens is 7. The molecule has 0 unspecified atom stereocenters. The van der Waals surface area contributed by atoms with Gasteiger partial charge in [0, 0.05) is 45.3 Å². The number of ether oxygens (including phenoxy) is 2. The normalized spacial score (nSPS) is 11.3. The summed E-state index contributed by atoms with van der Waals surface area (Å²) in [6.45, 7) is 4.64. The average molecular weight is 1160 g/mol. The number of ketones is 2. The van der Waals surface area contributed by atoms with E-state index in [2.05, 4.69) is 30.6 Å². The number of halogens is 5. The van der Waals surface area contributed by atoms with Crippen molar-refractivity contribution in [2.45, 2.75) is 53.1 Å². The largest absolute Gasteiger partial charge is 0.482 e. The maximum absolute atomic E-state index is 13.7. The summed E-state index contributed by atoms with van der Waals surface area (Å²) in [4.78, 5) is 108. The predicted molar refractivity (Wildman–Crippen MR) is 288 cm³/mol. The van der Waals surface area contributed by atoms with Crippen molar-refractivity contribution in [3.8, 4) is 28.4 Å². The lowest BCUT2D eigenvalue weighted by atomic mass is 9.96. The number of pyridine rings is 3. The molecule has 3 N–H and O–H groups in total. The molecule has 0 bridgehead atoms. The Labute approximate surface area is 463 Å². The second-order valence-electron chi connectivity index (χ2n) is 17.7. The van der Waals surface area contributed by atoms with Crippen LogP contribution < -0.4 is 26.5 Å². The van der Waals surface area contributed by atoms with Gasteiger partial charge in [0.05, 0.1) is 64.8 Å². The SMILES string of the molecule is CC(C)(C)C(=O)n1nc(-c2c(C(=O)C(=O)O)ccn(CC(=O)c3ccccn3)c2=O)cc1NCc1ccc(Cl)s1.COC(=O)Cn1c(OC)ccc(-c2cc(NCc3ccc(Cl)s3)n(C(=O)c3ccccc3C(F)(F)F)n2)c1=O. The second-order valence-corrected chi connectivity index (χ2v) is 21.3. The molecular formula is C52H44Cl2F3N9O11S2. The molecule has 0 spiro atoms. The number of carbonyl (C=O) groups excluding carboxylic acids is 5. The number of thiophene rings is 2. The molecule has 410 valence electrons. The van der Waals surface area contributed by atoms with Gasteiger partial charge in [0.15, 0.2) is 5.88 Å². The third-order valence-electron chi connectivity index (χ3n) is 11.3. The molecule has 7 aromatic heterocycles. The standard InChI is InChI=1S/C27H24ClN5O6S.C25H20ClF3N4O5S/c1-27(2,3)26(39)33-21(30-13-15-7-8-20(28)40-15)12-18(31-33)22-16(23(35)25(37)38)9-11-32(24(22)36)14-19(34)17-6-4-5-10-29-17;1-37-21-10-8-16(23(35)32(21)13-22(34)38-2)18-11-20(30-12-14-7-9-19(26)39-14)33(31-18)24(36)15-5-3-4-6-17(15)25(27,28)29/h4-12,30H,13-14H2,1-3H3,(H,37,38);3-11,30H,12-13H2,1-2H3. The van der Waals surface area contributed by atoms with Gasteiger partial charge in [0.1, 0.15) is 35.3 Å². The Morgan fingerprint density at radius 3 is 1.89 bits per heavy atom. The van der Waals surface area contributed by atoms with Crippen molar-refractivity contribution in [3.05, 3.63) is 171 Å². The van der Waals surface area contributed by atoms with Gasteiger partial charge in [-0.15, -0.1) is 22.7 Å². The maximum atomic E-state index is 13.7. The van der Waals surface area contributed by atoms with Crippen molar-refractivity contribution in [2.24, 2.45) is 5.41 Å². The van der Waals surface area contributed by atoms with E-state index in [1.165, 1.54) is 84.6 Å². The molecule has 8 rings (SSSR count). The first-order valence-electron chi connectivity index (χ1n) is 23.1. The average Bonchev–Trinajstić information content (AvgIpc) is 4.28. The van der Waals surface area contributed by atoms with Crippen molar-refractivity contribution < 1.29 is 56.5 Å². The number of Topliss-reactive ketones (excluding diaryl/α,β-unsaturated/α-hetero) is 2. The second kappa shape index (κ2) is 24.4. The van der Waals surface area contributed by atoms with Gasteiger partial charge >= 0.3 is 18.1 Å². The number of carboxylic acids is 1. The quantitative estimate of drug-likeness (QED) is 0.0436. The molecule has 0 aliphatic rings. The van der Waals surface area contributed by atoms with Crippen molar-refractivity contribution in [1.29, 1.82) is 0 Å². The van der Waals surface area contributed by atoms with Crippen LogP contribution >= 0.6 is 45.9 Å². The summed E-state index contributed by atoms with van der Waals surface area (Å²) < 4.78 is 55.8. The van der Waals surface area contributed by atoms with Crippen LogP contribution in [0.25, 0.3) is 22.5 Å². The van der Waals surface area contributed by atoms with Gasteiger partial charge < -0.3 is 29.8 Å². The molecule has 8 aromatic rings. The number of nitrogens with zero attached hydrogens (tertiary/aromatic N) is 7. The fraction of sp³-hybridized carbons (Fsp3) is 0.212. The van der Waals surface area contributed by atoms with Crippen LogP contribution in [0.3, 0.4) is 0 Å². The summed E-state index contributed by atoms with van der Waals surface area (Å²) in [5.41, 5.74) is -4.98. The first-order chi connectivity index (χ1) is 37.4. The van der Waals surface area contributed by atoms with Gasteiger partial charge in [0.2, 0.25) is 5.78 Å². The van der Waals surface area contributed by atoms with Gasteiger partial charge in [-0.05, 0) is 66.7 Å². The highest BCUT2D eigenvalue weighted by molar-refractivity contribution is 7.16. The molecule has 79 heavy (non-hydrogen) atoms. The van der Waals surface area contributed by atoms with Crippen molar-refractivity contribution in [3.63, 3.8) is 0 Å². The minimum atomic E-state index is -4.79. The fourth-order valence-corrected chi connectivity index (χ4v) is 9.52. The van der Waals surface area contributed by atoms with Crippen molar-refractivity contribution >= 4 is 92.8 Å². The molecule has 0 saturated heterocycles. The summed E-state index contributed by atoms with van der Waals surface area (Å²) in [6, 6.07) is 22.7. The summed E-state index contributed by atoms with van der Waals surface area (Å²) in [7, 11) is 2.47. The lowest BCUT2D eigenvalue weighted by Crippen LogP contribution is -2.30. The zero-order valence-corrected chi connectivity index (χ0v) is 45.2. The fourth-order valence-electron chi connectivity index (χ4n) is 7.47. The van der Waals surface area contributed by atoms with Crippen molar-refractivity contribution in [1.82, 2.24) is 33.7 Å². The van der Waals surface area contributed by atoms with E-state index in [-0.39, 0.29) is 58.8 Å². The molecule has 0 atom stereocenters. The molecule has 0 radical (unpaired) electrons. The molecule has 1 aromatic carbocycles. The number of nitrogens with one attached hydrogen (secondary N) is 2. The summed E-state index contributed by atoms with van der Waals surface area (Å²) in [5, 5.41) is 24.0. The molecule has 0 amide bonds. The van der Waals surface area contributed by atoms with Gasteiger partial charge in [-0.25, -0.2) is 4.79 Å². The zero-order valence-electron chi connectivity index (χ0n) is 42.1. The molecule has 0 fully saturated rings. The number of carboxylic acid groups (broad SMARTS) is 1. The van der Waals surface area contributed by atoms with E-state index >= 15 is 0 Å². The van der Waals surface area contributed by atoms with E-state index in [0.717, 1.165) is 53.6 Å². The monoisotopic (exact) mass is 1160 g/mol. The Hall–Kier alpha value is -8.52. The number of rotatable bonds is 17. The summed E-state index contributed by atoms with van der Waals surface area (Å²) >= 11 is 14.6. The van der Waals surface area contributed by atoms with E-state index in [1.807, 2.05) is 6.07 Å². The number of hydrogen-bond donors (Lipinski definition) is 3. The molecule has 20 nitrogen and oxygen atoms in total. The lowest BCUT2D eigenvalue weighted by Gasteiger charge is -2.18. The van der Waals surface area contributed by atoms with Crippen LogP contribution in [0.5, 0.6) is 5.88 Å². The molecule has 0 saturated carbocycles. The van der Waals surface area contributed by atoms with Crippen LogP contribution in [0.2, 0.25) is 8.67 Å². The Morgan fingerprint density at radius 1 is 0.722 bits per heavy atom. The van der Waals surface area contributed by atoms with E-state index in [1.54, 1.807) is 51.1 Å². The molecule has 0 aliphatic carbocycles. The number of anilines is 2. The van der Waals surface area contributed by atoms with Crippen LogP contribution in [-0.4, -0.2) is 88.3 Å². The third-order valence-corrected chi connectivity index (χ3v) is 13.8. The lowest BCUT2D eigenvalue weighted by molar-refractivity contribution is -0.141. The maximum Gasteiger partial charge on any atom is 0.417 e. The van der Waals surface area contributed by atoms with Crippen LogP contribution in [0.1, 0.15) is 72.1 Å². The van der Waals surface area contributed by atoms with Crippen LogP contribution in [0, 0.1) is 5.41 Å². The number of aliphatic carboxylic acids is 1. The van der Waals surface area contributed by atoms with Gasteiger partial charge in [0.25, 0.3) is 28.7 Å². The van der Waals surface area contributed by atoms with Crippen LogP contribution in [0.4, 0.5) is 24.8 Å². The Morgan fingerprint density at radius 2 is 1.33 bits per heavy atom. The van der Waals surface area contributed by atoms with E-state index in [4.69, 9.17) is 27.9 Å². The molecule has 0 aliphatic heterocycles. The number of benzene rings is 1. The smallest absolute Gasteiger partial charge is 0.417 e. The van der Waals surface area contributed by atoms with Gasteiger partial charge in [-0.3, -0.25) is 43.1 Å². The number of methoxy groups -OCH3 is 2. The topological polar surface area (TPSA) is 258 Å². The van der Waals surface area contributed by atoms with Gasteiger partial charge in [-0.2, -0.15) is 32.7 Å². The minimum absolute atomic E-state index is 0.0224. The van der Waals surface area contributed by atoms with E-state index in [9.17, 15) is 56.6 Å². The number of alkyl halides is 3. The first kappa shape index (κ1) is 58.2. The first-order valence-corrected chi connectivity index (χ1v) is 25.5. The molecule has 27 heteroatoms. The zero-order chi connectivity index (χ0) is 57.5. The highest BCUT2D eigenvalue weighted by Gasteiger charge is 2.36. The minimum Gasteiger partial charge on any atom is -0.482 e. The predicted octanol–water partition coefficient (Wildman–Crippen LogP) is 9.20. The summed E-state index contributed by atoms with van der Waals surface area (Å²) in [6.07, 6.45) is -2.19. The van der Waals surface area contributed by atoms with Crippen molar-refractivity contribution in [2.75, 3.05) is 24.9 Å². The van der Waals surface area contributed by atoms with E-state index in [0.29, 0.717) is 8.67 Å². The van der Waals surface area contributed by atoms with E-state index < -0.39 is 87.8 Å². The highest BCUT2D eigenvalue weighted by Crippen LogP contribution is 2.34. The summed E-state index contributed by atoms with van der Waals surface area (Å²) in [5.74, 6) is -5.47. The Bertz CT molecular complexity index is 3770. The number of hydrogen-bond acceptors (Lipinski definition) is 17. The Balaban J connectivity index is 0.000000229.